The summed E-state index contributed by atoms with van der Waals surface area (Å²) in [5, 5.41) is 11.0. The summed E-state index contributed by atoms with van der Waals surface area (Å²) in [6, 6.07) is 14.5. The van der Waals surface area contributed by atoms with Gasteiger partial charge in [-0.25, -0.2) is 9.37 Å². The maximum Gasteiger partial charge on any atom is 0.145 e. The van der Waals surface area contributed by atoms with E-state index in [0.717, 1.165) is 21.6 Å². The largest absolute Gasteiger partial charge is 0.277 e. The van der Waals surface area contributed by atoms with Gasteiger partial charge in [0.25, 0.3) is 0 Å². The van der Waals surface area contributed by atoms with Crippen LogP contribution in [0.25, 0.3) is 32.9 Å². The molecule has 0 bridgehead atoms. The first kappa shape index (κ1) is 12.2. The molecule has 3 nitrogen and oxygen atoms in total. The van der Waals surface area contributed by atoms with Gasteiger partial charge >= 0.3 is 0 Å². The van der Waals surface area contributed by atoms with Crippen molar-refractivity contribution in [1.29, 1.82) is 0 Å². The van der Waals surface area contributed by atoms with Gasteiger partial charge in [-0.15, -0.1) is 11.3 Å². The summed E-state index contributed by atoms with van der Waals surface area (Å²) in [6.45, 7) is 0. The van der Waals surface area contributed by atoms with Gasteiger partial charge in [0.1, 0.15) is 16.5 Å². The number of para-hydroxylation sites is 1. The average Bonchev–Trinajstić information content (AvgIpc) is 3.14. The van der Waals surface area contributed by atoms with Crippen LogP contribution >= 0.6 is 11.3 Å². The number of aromatic nitrogens is 3. The molecule has 2 heterocycles. The standard InChI is InChI=1S/C16H10FN3S/c17-12-7-3-1-5-10(12)14-9-21-16(18-14)15-11-6-2-4-8-13(11)19-20-15/h1-9H,(H,19,20). The third-order valence-electron chi connectivity index (χ3n) is 3.33. The zero-order chi connectivity index (χ0) is 14.2. The van der Waals surface area contributed by atoms with Crippen LogP contribution in [-0.4, -0.2) is 15.2 Å². The first-order valence-corrected chi connectivity index (χ1v) is 7.35. The summed E-state index contributed by atoms with van der Waals surface area (Å²) in [5.41, 5.74) is 2.92. The highest BCUT2D eigenvalue weighted by Gasteiger charge is 2.14. The Labute approximate surface area is 124 Å². The second kappa shape index (κ2) is 4.79. The van der Waals surface area contributed by atoms with E-state index in [2.05, 4.69) is 15.2 Å². The van der Waals surface area contributed by atoms with Gasteiger partial charge in [-0.05, 0) is 18.2 Å². The summed E-state index contributed by atoms with van der Waals surface area (Å²) in [7, 11) is 0. The molecule has 1 N–H and O–H groups in total. The molecule has 0 atom stereocenters. The van der Waals surface area contributed by atoms with Crippen LogP contribution in [0, 0.1) is 5.82 Å². The van der Waals surface area contributed by atoms with Gasteiger partial charge in [0.2, 0.25) is 0 Å². The first-order chi connectivity index (χ1) is 10.3. The van der Waals surface area contributed by atoms with Crippen molar-refractivity contribution in [3.05, 3.63) is 59.7 Å². The highest BCUT2D eigenvalue weighted by atomic mass is 32.1. The van der Waals surface area contributed by atoms with E-state index in [0.29, 0.717) is 11.3 Å². The number of benzene rings is 2. The molecule has 4 aromatic rings. The maximum absolute atomic E-state index is 13.8. The molecule has 21 heavy (non-hydrogen) atoms. The van der Waals surface area contributed by atoms with Crippen molar-refractivity contribution in [2.45, 2.75) is 0 Å². The number of halogens is 1. The molecule has 0 saturated heterocycles. The minimum atomic E-state index is -0.263. The van der Waals surface area contributed by atoms with Crippen LogP contribution in [0.3, 0.4) is 0 Å². The molecule has 0 amide bonds. The Hall–Kier alpha value is -2.53. The van der Waals surface area contributed by atoms with Crippen molar-refractivity contribution in [1.82, 2.24) is 15.2 Å². The summed E-state index contributed by atoms with van der Waals surface area (Å²) >= 11 is 1.47. The zero-order valence-electron chi connectivity index (χ0n) is 10.9. The fraction of sp³-hybridized carbons (Fsp3) is 0. The monoisotopic (exact) mass is 295 g/mol. The van der Waals surface area contributed by atoms with E-state index in [9.17, 15) is 4.39 Å². The normalized spacial score (nSPS) is 11.1. The van der Waals surface area contributed by atoms with Gasteiger partial charge in [-0.3, -0.25) is 5.10 Å². The van der Waals surface area contributed by atoms with Crippen LogP contribution in [0.15, 0.2) is 53.9 Å². The number of fused-ring (bicyclic) bond motifs is 1. The molecule has 0 saturated carbocycles. The Morgan fingerprint density at radius 3 is 2.71 bits per heavy atom. The molecule has 0 radical (unpaired) electrons. The summed E-state index contributed by atoms with van der Waals surface area (Å²) in [4.78, 5) is 4.53. The molecule has 4 rings (SSSR count). The first-order valence-electron chi connectivity index (χ1n) is 6.47. The number of H-pyrrole nitrogens is 1. The second-order valence-electron chi connectivity index (χ2n) is 4.64. The van der Waals surface area contributed by atoms with Crippen molar-refractivity contribution >= 4 is 22.2 Å². The molecular formula is C16H10FN3S. The number of thiazole rings is 1. The number of nitrogens with zero attached hydrogens (tertiary/aromatic N) is 2. The minimum Gasteiger partial charge on any atom is -0.277 e. The molecule has 2 aromatic carbocycles. The highest BCUT2D eigenvalue weighted by molar-refractivity contribution is 7.13. The molecule has 102 valence electrons. The van der Waals surface area contributed by atoms with E-state index >= 15 is 0 Å². The lowest BCUT2D eigenvalue weighted by molar-refractivity contribution is 0.631. The lowest BCUT2D eigenvalue weighted by Gasteiger charge is -1.97. The fourth-order valence-corrected chi connectivity index (χ4v) is 3.12. The Kier molecular flexibility index (Phi) is 2.79. The van der Waals surface area contributed by atoms with Crippen molar-refractivity contribution in [3.8, 4) is 22.0 Å². The van der Waals surface area contributed by atoms with Crippen molar-refractivity contribution < 1.29 is 4.39 Å². The average molecular weight is 295 g/mol. The number of rotatable bonds is 2. The molecule has 5 heteroatoms. The van der Waals surface area contributed by atoms with E-state index in [1.54, 1.807) is 18.2 Å². The highest BCUT2D eigenvalue weighted by Crippen LogP contribution is 2.32. The van der Waals surface area contributed by atoms with E-state index in [4.69, 9.17) is 0 Å². The molecule has 0 aliphatic rings. The Balaban J connectivity index is 1.83. The van der Waals surface area contributed by atoms with Gasteiger partial charge in [0.15, 0.2) is 0 Å². The van der Waals surface area contributed by atoms with Gasteiger partial charge in [-0.2, -0.15) is 5.10 Å². The smallest absolute Gasteiger partial charge is 0.145 e. The molecule has 0 unspecified atom stereocenters. The lowest BCUT2D eigenvalue weighted by Crippen LogP contribution is -1.84. The van der Waals surface area contributed by atoms with E-state index in [1.807, 2.05) is 29.6 Å². The van der Waals surface area contributed by atoms with Crippen LogP contribution in [0.2, 0.25) is 0 Å². The molecule has 0 spiro atoms. The van der Waals surface area contributed by atoms with Crippen molar-refractivity contribution in [2.75, 3.05) is 0 Å². The van der Waals surface area contributed by atoms with Crippen LogP contribution in [0.5, 0.6) is 0 Å². The molecule has 0 aliphatic carbocycles. The number of aromatic amines is 1. The zero-order valence-corrected chi connectivity index (χ0v) is 11.7. The Bertz CT molecular complexity index is 926. The number of nitrogens with one attached hydrogen (secondary N) is 1. The SMILES string of the molecule is Fc1ccccc1-c1csc(-c2n[nH]c3ccccc23)n1. The third kappa shape index (κ3) is 2.02. The van der Waals surface area contributed by atoms with Crippen molar-refractivity contribution in [3.63, 3.8) is 0 Å². The molecule has 0 fully saturated rings. The van der Waals surface area contributed by atoms with E-state index in [-0.39, 0.29) is 5.82 Å². The summed E-state index contributed by atoms with van der Waals surface area (Å²) < 4.78 is 13.8. The summed E-state index contributed by atoms with van der Waals surface area (Å²) in [5.74, 6) is -0.263. The maximum atomic E-state index is 13.8. The topological polar surface area (TPSA) is 41.6 Å². The lowest BCUT2D eigenvalue weighted by atomic mass is 10.1. The van der Waals surface area contributed by atoms with E-state index in [1.165, 1.54) is 17.4 Å². The van der Waals surface area contributed by atoms with Crippen LogP contribution in [0.4, 0.5) is 4.39 Å². The molecular weight excluding hydrogens is 285 g/mol. The van der Waals surface area contributed by atoms with Crippen LogP contribution in [0.1, 0.15) is 0 Å². The predicted octanol–water partition coefficient (Wildman–Crippen LogP) is 4.49. The molecule has 2 aromatic heterocycles. The Morgan fingerprint density at radius 1 is 1.00 bits per heavy atom. The quantitative estimate of drug-likeness (QED) is 0.592. The van der Waals surface area contributed by atoms with Crippen molar-refractivity contribution in [2.24, 2.45) is 0 Å². The minimum absolute atomic E-state index is 0.263. The second-order valence-corrected chi connectivity index (χ2v) is 5.49. The van der Waals surface area contributed by atoms with Crippen LogP contribution in [-0.2, 0) is 0 Å². The summed E-state index contributed by atoms with van der Waals surface area (Å²) in [6.07, 6.45) is 0. The Morgan fingerprint density at radius 2 is 1.81 bits per heavy atom. The number of hydrogen-bond acceptors (Lipinski definition) is 3. The third-order valence-corrected chi connectivity index (χ3v) is 4.18. The number of hydrogen-bond donors (Lipinski definition) is 1. The van der Waals surface area contributed by atoms with Gasteiger partial charge < -0.3 is 0 Å². The van der Waals surface area contributed by atoms with E-state index < -0.39 is 0 Å². The predicted molar refractivity (Wildman–Crippen MR) is 82.6 cm³/mol. The fourth-order valence-electron chi connectivity index (χ4n) is 2.30. The van der Waals surface area contributed by atoms with Gasteiger partial charge in [0.05, 0.1) is 11.2 Å². The molecule has 0 aliphatic heterocycles. The van der Waals surface area contributed by atoms with Gasteiger partial charge in [-0.1, -0.05) is 30.3 Å². The van der Waals surface area contributed by atoms with Crippen LogP contribution < -0.4 is 0 Å². The van der Waals surface area contributed by atoms with Gasteiger partial charge in [0, 0.05) is 16.3 Å².